The Morgan fingerprint density at radius 3 is 1.62 bits per heavy atom. The minimum atomic E-state index is 0.471. The second-order valence-electron chi connectivity index (χ2n) is 7.42. The molecule has 0 saturated carbocycles. The maximum absolute atomic E-state index is 8.66. The van der Waals surface area contributed by atoms with Crippen LogP contribution in [0.25, 0.3) is 0 Å². The van der Waals surface area contributed by atoms with Gasteiger partial charge in [-0.2, -0.15) is 5.26 Å². The lowest BCUT2D eigenvalue weighted by molar-refractivity contribution is 0.304. The van der Waals surface area contributed by atoms with E-state index in [-0.39, 0.29) is 0 Å². The summed E-state index contributed by atoms with van der Waals surface area (Å²) in [5.41, 5.74) is 1.05. The van der Waals surface area contributed by atoms with Crippen molar-refractivity contribution < 1.29 is 4.74 Å². The Labute approximate surface area is 162 Å². The van der Waals surface area contributed by atoms with Gasteiger partial charge in [-0.25, -0.2) is 0 Å². The van der Waals surface area contributed by atoms with Gasteiger partial charge in [0.05, 0.1) is 19.1 Å². The summed E-state index contributed by atoms with van der Waals surface area (Å²) in [6.45, 7) is 3.08. The number of ether oxygens (including phenoxy) is 1. The lowest BCUT2D eigenvalue weighted by atomic mass is 10.0. The van der Waals surface area contributed by atoms with E-state index in [9.17, 15) is 0 Å². The van der Waals surface area contributed by atoms with E-state index in [1.54, 1.807) is 0 Å². The number of hydrogen-bond donors (Lipinski definition) is 0. The standard InChI is InChI=1S/C24H39NO/c1-2-3-4-5-6-7-8-9-10-11-12-13-14-15-22-26-24-18-16-23(17-19-24)20-21-25/h16-19H,2-15,20,22H2,1H3. The van der Waals surface area contributed by atoms with Gasteiger partial charge in [0.15, 0.2) is 0 Å². The average Bonchev–Trinajstić information content (AvgIpc) is 2.66. The maximum atomic E-state index is 8.66. The predicted molar refractivity (Wildman–Crippen MR) is 112 cm³/mol. The van der Waals surface area contributed by atoms with E-state index in [1.807, 2.05) is 24.3 Å². The number of nitriles is 1. The summed E-state index contributed by atoms with van der Waals surface area (Å²) in [5, 5.41) is 8.66. The number of hydrogen-bond acceptors (Lipinski definition) is 2. The highest BCUT2D eigenvalue weighted by Crippen LogP contribution is 2.15. The molecule has 2 nitrogen and oxygen atoms in total. The molecule has 1 aromatic rings. The minimum absolute atomic E-state index is 0.471. The highest BCUT2D eigenvalue weighted by atomic mass is 16.5. The second-order valence-corrected chi connectivity index (χ2v) is 7.42. The van der Waals surface area contributed by atoms with Gasteiger partial charge in [-0.15, -0.1) is 0 Å². The second kappa shape index (κ2) is 17.0. The highest BCUT2D eigenvalue weighted by Gasteiger charge is 1.97. The van der Waals surface area contributed by atoms with Crippen LogP contribution in [0.3, 0.4) is 0 Å². The molecular formula is C24H39NO. The molecule has 0 unspecified atom stereocenters. The zero-order chi connectivity index (χ0) is 18.7. The maximum Gasteiger partial charge on any atom is 0.119 e. The molecule has 0 aliphatic rings. The fourth-order valence-corrected chi connectivity index (χ4v) is 3.28. The van der Waals surface area contributed by atoms with Crippen LogP contribution >= 0.6 is 0 Å². The molecule has 0 spiro atoms. The minimum Gasteiger partial charge on any atom is -0.494 e. The molecule has 0 bridgehead atoms. The van der Waals surface area contributed by atoms with Crippen molar-refractivity contribution >= 4 is 0 Å². The molecule has 0 aliphatic heterocycles. The van der Waals surface area contributed by atoms with Crippen molar-refractivity contribution in [2.75, 3.05) is 6.61 Å². The topological polar surface area (TPSA) is 33.0 Å². The quantitative estimate of drug-likeness (QED) is 0.269. The third kappa shape index (κ3) is 12.8. The zero-order valence-corrected chi connectivity index (χ0v) is 17.0. The van der Waals surface area contributed by atoms with Crippen LogP contribution in [0.1, 0.15) is 102 Å². The van der Waals surface area contributed by atoms with Crippen molar-refractivity contribution in [3.05, 3.63) is 29.8 Å². The Balaban J connectivity index is 1.81. The third-order valence-corrected chi connectivity index (χ3v) is 4.97. The van der Waals surface area contributed by atoms with Gasteiger partial charge in [-0.3, -0.25) is 0 Å². The summed E-state index contributed by atoms with van der Waals surface area (Å²) in [6, 6.07) is 10.1. The Kier molecular flexibility index (Phi) is 14.7. The molecule has 0 atom stereocenters. The van der Waals surface area contributed by atoms with Crippen LogP contribution in [-0.2, 0) is 6.42 Å². The first-order valence-corrected chi connectivity index (χ1v) is 11.0. The van der Waals surface area contributed by atoms with Crippen LogP contribution in [0.5, 0.6) is 5.75 Å². The Morgan fingerprint density at radius 1 is 0.692 bits per heavy atom. The van der Waals surface area contributed by atoms with Gasteiger partial charge in [0.1, 0.15) is 5.75 Å². The van der Waals surface area contributed by atoms with E-state index < -0.39 is 0 Å². The number of rotatable bonds is 17. The SMILES string of the molecule is CCCCCCCCCCCCCCCCOc1ccc(CC#N)cc1. The monoisotopic (exact) mass is 357 g/mol. The predicted octanol–water partition coefficient (Wildman–Crippen LogP) is 7.61. The van der Waals surface area contributed by atoms with E-state index in [4.69, 9.17) is 10.00 Å². The van der Waals surface area contributed by atoms with Crippen molar-refractivity contribution in [3.8, 4) is 11.8 Å². The fourth-order valence-electron chi connectivity index (χ4n) is 3.28. The van der Waals surface area contributed by atoms with Gasteiger partial charge in [0.2, 0.25) is 0 Å². The summed E-state index contributed by atoms with van der Waals surface area (Å²) < 4.78 is 5.76. The van der Waals surface area contributed by atoms with Gasteiger partial charge in [-0.05, 0) is 24.1 Å². The Morgan fingerprint density at radius 2 is 1.15 bits per heavy atom. The van der Waals surface area contributed by atoms with Crippen molar-refractivity contribution in [1.29, 1.82) is 5.26 Å². The van der Waals surface area contributed by atoms with Crippen molar-refractivity contribution in [1.82, 2.24) is 0 Å². The van der Waals surface area contributed by atoms with Crippen molar-refractivity contribution in [3.63, 3.8) is 0 Å². The fraction of sp³-hybridized carbons (Fsp3) is 0.708. The number of benzene rings is 1. The molecule has 0 saturated heterocycles. The molecule has 0 amide bonds. The largest absolute Gasteiger partial charge is 0.494 e. The van der Waals surface area contributed by atoms with Gasteiger partial charge in [0, 0.05) is 0 Å². The number of unbranched alkanes of at least 4 members (excludes halogenated alkanes) is 13. The van der Waals surface area contributed by atoms with Crippen LogP contribution in [-0.4, -0.2) is 6.61 Å². The number of nitrogens with zero attached hydrogens (tertiary/aromatic N) is 1. The van der Waals surface area contributed by atoms with Crippen LogP contribution in [0.4, 0.5) is 0 Å². The van der Waals surface area contributed by atoms with Gasteiger partial charge in [0.25, 0.3) is 0 Å². The average molecular weight is 358 g/mol. The molecule has 2 heteroatoms. The Bertz CT molecular complexity index is 460. The summed E-state index contributed by atoms with van der Waals surface area (Å²) >= 11 is 0. The lowest BCUT2D eigenvalue weighted by Gasteiger charge is -2.07. The first kappa shape index (κ1) is 22.6. The van der Waals surface area contributed by atoms with Crippen LogP contribution in [0.15, 0.2) is 24.3 Å². The molecule has 0 N–H and O–H groups in total. The van der Waals surface area contributed by atoms with Crippen LogP contribution < -0.4 is 4.74 Å². The molecule has 1 aromatic carbocycles. The first-order chi connectivity index (χ1) is 12.9. The molecule has 1 rings (SSSR count). The normalized spacial score (nSPS) is 10.6. The molecule has 146 valence electrons. The van der Waals surface area contributed by atoms with Crippen LogP contribution in [0, 0.1) is 11.3 Å². The molecule has 0 fully saturated rings. The van der Waals surface area contributed by atoms with Gasteiger partial charge in [-0.1, -0.05) is 103 Å². The molecule has 0 radical (unpaired) electrons. The van der Waals surface area contributed by atoms with E-state index in [2.05, 4.69) is 13.0 Å². The van der Waals surface area contributed by atoms with Gasteiger partial charge < -0.3 is 4.74 Å². The van der Waals surface area contributed by atoms with Crippen molar-refractivity contribution in [2.24, 2.45) is 0 Å². The molecular weight excluding hydrogens is 318 g/mol. The summed E-state index contributed by atoms with van der Waals surface area (Å²) in [4.78, 5) is 0. The van der Waals surface area contributed by atoms with E-state index in [0.29, 0.717) is 6.42 Å². The molecule has 0 aliphatic carbocycles. The summed E-state index contributed by atoms with van der Waals surface area (Å²) in [5.74, 6) is 0.918. The van der Waals surface area contributed by atoms with E-state index in [0.717, 1.165) is 24.3 Å². The third-order valence-electron chi connectivity index (χ3n) is 4.97. The molecule has 0 heterocycles. The Hall–Kier alpha value is -1.49. The smallest absolute Gasteiger partial charge is 0.119 e. The molecule has 0 aromatic heterocycles. The van der Waals surface area contributed by atoms with Crippen LogP contribution in [0.2, 0.25) is 0 Å². The van der Waals surface area contributed by atoms with E-state index >= 15 is 0 Å². The first-order valence-electron chi connectivity index (χ1n) is 11.0. The van der Waals surface area contributed by atoms with E-state index in [1.165, 1.54) is 83.5 Å². The lowest BCUT2D eigenvalue weighted by Crippen LogP contribution is -1.97. The zero-order valence-electron chi connectivity index (χ0n) is 17.0. The van der Waals surface area contributed by atoms with Gasteiger partial charge >= 0.3 is 0 Å². The highest BCUT2D eigenvalue weighted by molar-refractivity contribution is 5.28. The summed E-state index contributed by atoms with van der Waals surface area (Å²) in [7, 11) is 0. The summed E-state index contributed by atoms with van der Waals surface area (Å²) in [6.07, 6.45) is 19.8. The molecule has 26 heavy (non-hydrogen) atoms. The van der Waals surface area contributed by atoms with Crippen molar-refractivity contribution in [2.45, 2.75) is 103 Å².